The molecule has 0 bridgehead atoms. The smallest absolute Gasteiger partial charge is 0.124 e. The Bertz CT molecular complexity index is 642. The van der Waals surface area contributed by atoms with Gasteiger partial charge in [-0.25, -0.2) is 4.39 Å². The van der Waals surface area contributed by atoms with Crippen LogP contribution in [-0.2, 0) is 11.3 Å². The average Bonchev–Trinajstić information content (AvgIpc) is 2.55. The summed E-state index contributed by atoms with van der Waals surface area (Å²) in [6.45, 7) is 2.75. The molecular formula is C17H21FN2O2. The molecule has 1 aromatic heterocycles. The van der Waals surface area contributed by atoms with Crippen LogP contribution in [-0.4, -0.2) is 36.5 Å². The molecular weight excluding hydrogens is 283 g/mol. The first kappa shape index (κ1) is 15.3. The summed E-state index contributed by atoms with van der Waals surface area (Å²) in [7, 11) is 0. The maximum Gasteiger partial charge on any atom is 0.124 e. The highest BCUT2D eigenvalue weighted by atomic mass is 19.1. The molecule has 4 nitrogen and oxygen atoms in total. The van der Waals surface area contributed by atoms with Crippen LogP contribution >= 0.6 is 0 Å². The van der Waals surface area contributed by atoms with Crippen LogP contribution in [0.5, 0.6) is 0 Å². The normalized spacial score (nSPS) is 17.7. The number of hydrogen-bond donors (Lipinski definition) is 2. The Hall–Kier alpha value is -1.56. The SMILES string of the molecule is OCC1(CNCc2cc(F)cc3cccnc23)CCOCC1. The van der Waals surface area contributed by atoms with Crippen molar-refractivity contribution in [3.05, 3.63) is 41.8 Å². The van der Waals surface area contributed by atoms with E-state index in [0.29, 0.717) is 26.3 Å². The van der Waals surface area contributed by atoms with Crippen LogP contribution in [0.25, 0.3) is 10.9 Å². The third-order valence-corrected chi connectivity index (χ3v) is 4.45. The van der Waals surface area contributed by atoms with Crippen LogP contribution in [0.1, 0.15) is 18.4 Å². The maximum absolute atomic E-state index is 13.7. The van der Waals surface area contributed by atoms with Gasteiger partial charge in [0.25, 0.3) is 0 Å². The monoisotopic (exact) mass is 304 g/mol. The number of benzene rings is 1. The molecule has 1 aromatic carbocycles. The fourth-order valence-corrected chi connectivity index (χ4v) is 3.02. The highest BCUT2D eigenvalue weighted by molar-refractivity contribution is 5.81. The minimum atomic E-state index is -0.250. The average molecular weight is 304 g/mol. The highest BCUT2D eigenvalue weighted by Gasteiger charge is 2.31. The zero-order valence-electron chi connectivity index (χ0n) is 12.5. The minimum absolute atomic E-state index is 0.130. The van der Waals surface area contributed by atoms with Gasteiger partial charge in [-0.3, -0.25) is 4.98 Å². The second-order valence-corrected chi connectivity index (χ2v) is 6.01. The molecule has 0 atom stereocenters. The highest BCUT2D eigenvalue weighted by Crippen LogP contribution is 2.29. The fraction of sp³-hybridized carbons (Fsp3) is 0.471. The lowest BCUT2D eigenvalue weighted by Crippen LogP contribution is -2.41. The third kappa shape index (κ3) is 3.27. The first-order valence-corrected chi connectivity index (χ1v) is 7.65. The Kier molecular flexibility index (Phi) is 4.66. The van der Waals surface area contributed by atoms with E-state index in [0.717, 1.165) is 29.3 Å². The molecule has 0 saturated carbocycles. The first-order chi connectivity index (χ1) is 10.7. The molecule has 0 unspecified atom stereocenters. The van der Waals surface area contributed by atoms with E-state index in [9.17, 15) is 9.50 Å². The van der Waals surface area contributed by atoms with Crippen molar-refractivity contribution in [2.75, 3.05) is 26.4 Å². The van der Waals surface area contributed by atoms with E-state index in [4.69, 9.17) is 4.74 Å². The molecule has 0 spiro atoms. The third-order valence-electron chi connectivity index (χ3n) is 4.45. The fourth-order valence-electron chi connectivity index (χ4n) is 3.02. The van der Waals surface area contributed by atoms with Crippen molar-refractivity contribution < 1.29 is 14.2 Å². The van der Waals surface area contributed by atoms with E-state index in [1.807, 2.05) is 12.1 Å². The summed E-state index contributed by atoms with van der Waals surface area (Å²) in [4.78, 5) is 4.35. The molecule has 0 amide bonds. The van der Waals surface area contributed by atoms with Gasteiger partial charge in [-0.2, -0.15) is 0 Å². The number of nitrogens with one attached hydrogen (secondary N) is 1. The van der Waals surface area contributed by atoms with Crippen molar-refractivity contribution in [1.29, 1.82) is 0 Å². The van der Waals surface area contributed by atoms with Gasteiger partial charge in [-0.1, -0.05) is 6.07 Å². The molecule has 1 aliphatic heterocycles. The van der Waals surface area contributed by atoms with E-state index in [-0.39, 0.29) is 17.8 Å². The van der Waals surface area contributed by atoms with Crippen LogP contribution in [0.2, 0.25) is 0 Å². The number of aromatic nitrogens is 1. The molecule has 3 rings (SSSR count). The zero-order valence-corrected chi connectivity index (χ0v) is 12.5. The molecule has 5 heteroatoms. The van der Waals surface area contributed by atoms with Gasteiger partial charge in [0, 0.05) is 43.3 Å². The molecule has 1 fully saturated rings. The van der Waals surface area contributed by atoms with Gasteiger partial charge in [0.2, 0.25) is 0 Å². The molecule has 2 heterocycles. The van der Waals surface area contributed by atoms with Gasteiger partial charge in [0.05, 0.1) is 12.1 Å². The quantitative estimate of drug-likeness (QED) is 0.889. The molecule has 2 aromatic rings. The Labute approximate surface area is 129 Å². The number of aliphatic hydroxyl groups is 1. The van der Waals surface area contributed by atoms with Crippen LogP contribution < -0.4 is 5.32 Å². The van der Waals surface area contributed by atoms with E-state index in [2.05, 4.69) is 10.3 Å². The van der Waals surface area contributed by atoms with Crippen LogP contribution in [0.4, 0.5) is 4.39 Å². The lowest BCUT2D eigenvalue weighted by atomic mass is 9.81. The summed E-state index contributed by atoms with van der Waals surface area (Å²) in [5.74, 6) is -0.250. The van der Waals surface area contributed by atoms with Crippen molar-refractivity contribution in [2.24, 2.45) is 5.41 Å². The Balaban J connectivity index is 1.71. The maximum atomic E-state index is 13.7. The predicted molar refractivity (Wildman–Crippen MR) is 83.0 cm³/mol. The molecule has 0 radical (unpaired) electrons. The molecule has 1 aliphatic rings. The number of fused-ring (bicyclic) bond motifs is 1. The summed E-state index contributed by atoms with van der Waals surface area (Å²) >= 11 is 0. The number of halogens is 1. The van der Waals surface area contributed by atoms with Crippen LogP contribution in [0, 0.1) is 11.2 Å². The molecule has 2 N–H and O–H groups in total. The van der Waals surface area contributed by atoms with Crippen molar-refractivity contribution in [2.45, 2.75) is 19.4 Å². The number of rotatable bonds is 5. The topological polar surface area (TPSA) is 54.4 Å². The van der Waals surface area contributed by atoms with Crippen LogP contribution in [0.3, 0.4) is 0 Å². The van der Waals surface area contributed by atoms with Gasteiger partial charge >= 0.3 is 0 Å². The standard InChI is InChI=1S/C17H21FN2O2/c18-15-8-13-2-1-5-20-16(13)14(9-15)10-19-11-17(12-21)3-6-22-7-4-17/h1-2,5,8-9,19,21H,3-4,6-7,10-12H2. The summed E-state index contributed by atoms with van der Waals surface area (Å²) in [6.07, 6.45) is 3.41. The van der Waals surface area contributed by atoms with Gasteiger partial charge < -0.3 is 15.2 Å². The van der Waals surface area contributed by atoms with E-state index < -0.39 is 0 Å². The Morgan fingerprint density at radius 1 is 1.32 bits per heavy atom. The predicted octanol–water partition coefficient (Wildman–Crippen LogP) is 2.25. The number of ether oxygens (including phenoxy) is 1. The number of hydrogen-bond acceptors (Lipinski definition) is 4. The summed E-state index contributed by atoms with van der Waals surface area (Å²) < 4.78 is 19.1. The summed E-state index contributed by atoms with van der Waals surface area (Å²) in [6, 6.07) is 6.70. The van der Waals surface area contributed by atoms with Gasteiger partial charge in [0.1, 0.15) is 5.82 Å². The lowest BCUT2D eigenvalue weighted by molar-refractivity contribution is -0.0154. The molecule has 118 valence electrons. The van der Waals surface area contributed by atoms with Crippen molar-refractivity contribution in [3.8, 4) is 0 Å². The largest absolute Gasteiger partial charge is 0.396 e. The minimum Gasteiger partial charge on any atom is -0.396 e. The molecule has 22 heavy (non-hydrogen) atoms. The van der Waals surface area contributed by atoms with Crippen LogP contribution in [0.15, 0.2) is 30.5 Å². The molecule has 1 saturated heterocycles. The Morgan fingerprint density at radius 3 is 2.91 bits per heavy atom. The van der Waals surface area contributed by atoms with Gasteiger partial charge in [-0.15, -0.1) is 0 Å². The van der Waals surface area contributed by atoms with E-state index in [1.54, 1.807) is 6.20 Å². The molecule has 0 aliphatic carbocycles. The second kappa shape index (κ2) is 6.69. The van der Waals surface area contributed by atoms with E-state index >= 15 is 0 Å². The van der Waals surface area contributed by atoms with Crippen molar-refractivity contribution >= 4 is 10.9 Å². The first-order valence-electron chi connectivity index (χ1n) is 7.65. The van der Waals surface area contributed by atoms with Crippen molar-refractivity contribution in [1.82, 2.24) is 10.3 Å². The number of nitrogens with zero attached hydrogens (tertiary/aromatic N) is 1. The summed E-state index contributed by atoms with van der Waals surface area (Å²) in [5, 5.41) is 13.9. The number of pyridine rings is 1. The van der Waals surface area contributed by atoms with Gasteiger partial charge in [0.15, 0.2) is 0 Å². The van der Waals surface area contributed by atoms with Crippen molar-refractivity contribution in [3.63, 3.8) is 0 Å². The Morgan fingerprint density at radius 2 is 2.14 bits per heavy atom. The van der Waals surface area contributed by atoms with Gasteiger partial charge in [-0.05, 0) is 36.6 Å². The second-order valence-electron chi connectivity index (χ2n) is 6.01. The van der Waals surface area contributed by atoms with E-state index in [1.165, 1.54) is 12.1 Å². The summed E-state index contributed by atoms with van der Waals surface area (Å²) in [5.41, 5.74) is 1.53. The number of aliphatic hydroxyl groups excluding tert-OH is 1. The lowest BCUT2D eigenvalue weighted by Gasteiger charge is -2.35. The zero-order chi connectivity index (χ0) is 15.4.